The Morgan fingerprint density at radius 3 is 2.54 bits per heavy atom. The molecular weight excluding hydrogens is 323 g/mol. The van der Waals surface area contributed by atoms with Crippen LogP contribution in [0.3, 0.4) is 0 Å². The lowest BCUT2D eigenvalue weighted by atomic mass is 9.96. The van der Waals surface area contributed by atoms with Gasteiger partial charge in [0.15, 0.2) is 0 Å². The lowest BCUT2D eigenvalue weighted by molar-refractivity contribution is 0.0567. The van der Waals surface area contributed by atoms with Crippen molar-refractivity contribution in [1.29, 1.82) is 0 Å². The van der Waals surface area contributed by atoms with E-state index in [1.165, 1.54) is 12.1 Å². The molecule has 3 rings (SSSR count). The number of rotatable bonds is 6. The molecule has 5 heteroatoms. The van der Waals surface area contributed by atoms with Crippen molar-refractivity contribution >= 4 is 11.3 Å². The summed E-state index contributed by atoms with van der Waals surface area (Å²) in [4.78, 5) is 5.54. The summed E-state index contributed by atoms with van der Waals surface area (Å²) in [5.41, 5.74) is 0.735. The number of nitrogens with zero attached hydrogens (tertiary/aromatic N) is 1. The Bertz CT molecular complexity index is 785. The van der Waals surface area contributed by atoms with Crippen LogP contribution >= 0.6 is 11.3 Å². The number of benzene rings is 2. The van der Waals surface area contributed by atoms with Gasteiger partial charge in [-0.25, -0.2) is 9.37 Å². The fraction of sp³-hybridized carbons (Fsp3) is 0.211. The molecule has 0 spiro atoms. The van der Waals surface area contributed by atoms with Gasteiger partial charge < -0.3 is 10.4 Å². The number of aromatic nitrogens is 1. The Balaban J connectivity index is 1.58. The van der Waals surface area contributed by atoms with Gasteiger partial charge in [-0.05, 0) is 24.6 Å². The van der Waals surface area contributed by atoms with Crippen molar-refractivity contribution < 1.29 is 9.50 Å². The molecule has 1 aromatic heterocycles. The zero-order chi connectivity index (χ0) is 17.0. The third kappa shape index (κ3) is 4.06. The molecule has 2 aromatic carbocycles. The minimum absolute atomic E-state index is 0.305. The molecule has 1 unspecified atom stereocenters. The second kappa shape index (κ2) is 7.21. The largest absolute Gasteiger partial charge is 0.384 e. The minimum atomic E-state index is -1.05. The summed E-state index contributed by atoms with van der Waals surface area (Å²) in [6.45, 7) is 2.72. The molecule has 0 saturated heterocycles. The van der Waals surface area contributed by atoms with E-state index < -0.39 is 5.60 Å². The second-order valence-corrected chi connectivity index (χ2v) is 7.00. The summed E-state index contributed by atoms with van der Waals surface area (Å²) in [7, 11) is 0. The standard InChI is InChI=1S/C19H19FN2OS/c1-19(23,15-7-9-16(20)10-8-15)13-21-11-17-12-22-18(24-17)14-5-3-2-4-6-14/h2-10,12,21,23H,11,13H2,1H3. The van der Waals surface area contributed by atoms with Gasteiger partial charge in [-0.15, -0.1) is 11.3 Å². The molecule has 0 fully saturated rings. The monoisotopic (exact) mass is 342 g/mol. The van der Waals surface area contributed by atoms with Crippen molar-refractivity contribution in [3.8, 4) is 10.6 Å². The zero-order valence-corrected chi connectivity index (χ0v) is 14.2. The maximum absolute atomic E-state index is 13.0. The molecule has 0 amide bonds. The maximum Gasteiger partial charge on any atom is 0.123 e. The first-order chi connectivity index (χ1) is 11.5. The molecular formula is C19H19FN2OS. The van der Waals surface area contributed by atoms with Crippen LogP contribution in [-0.4, -0.2) is 16.6 Å². The van der Waals surface area contributed by atoms with Gasteiger partial charge in [0.25, 0.3) is 0 Å². The van der Waals surface area contributed by atoms with Crippen LogP contribution in [0.2, 0.25) is 0 Å². The highest BCUT2D eigenvalue weighted by Crippen LogP contribution is 2.25. The number of halogens is 1. The van der Waals surface area contributed by atoms with Gasteiger partial charge in [0, 0.05) is 29.7 Å². The Hall–Kier alpha value is -2.08. The van der Waals surface area contributed by atoms with Gasteiger partial charge in [0.1, 0.15) is 10.8 Å². The van der Waals surface area contributed by atoms with Gasteiger partial charge in [0.05, 0.1) is 5.60 Å². The fourth-order valence-electron chi connectivity index (χ4n) is 2.44. The number of hydrogen-bond donors (Lipinski definition) is 2. The Morgan fingerprint density at radius 1 is 1.12 bits per heavy atom. The topological polar surface area (TPSA) is 45.1 Å². The summed E-state index contributed by atoms with van der Waals surface area (Å²) in [6, 6.07) is 16.0. The van der Waals surface area contributed by atoms with E-state index >= 15 is 0 Å². The van der Waals surface area contributed by atoms with E-state index in [0.29, 0.717) is 18.7 Å². The summed E-state index contributed by atoms with van der Waals surface area (Å²) in [5, 5.41) is 14.8. The number of aliphatic hydroxyl groups is 1. The first-order valence-corrected chi connectivity index (χ1v) is 8.55. The highest BCUT2D eigenvalue weighted by molar-refractivity contribution is 7.15. The highest BCUT2D eigenvalue weighted by atomic mass is 32.1. The molecule has 124 valence electrons. The van der Waals surface area contributed by atoms with Crippen molar-refractivity contribution in [1.82, 2.24) is 10.3 Å². The van der Waals surface area contributed by atoms with Gasteiger partial charge in [0.2, 0.25) is 0 Å². The second-order valence-electron chi connectivity index (χ2n) is 5.88. The third-order valence-electron chi connectivity index (χ3n) is 3.81. The predicted octanol–water partition coefficient (Wildman–Crippen LogP) is 3.95. The molecule has 24 heavy (non-hydrogen) atoms. The SMILES string of the molecule is CC(O)(CNCc1cnc(-c2ccccc2)s1)c1ccc(F)cc1. The van der Waals surface area contributed by atoms with Crippen molar-refractivity contribution in [2.24, 2.45) is 0 Å². The highest BCUT2D eigenvalue weighted by Gasteiger charge is 2.22. The molecule has 3 aromatic rings. The molecule has 2 N–H and O–H groups in total. The summed E-state index contributed by atoms with van der Waals surface area (Å²) in [5.74, 6) is -0.305. The summed E-state index contributed by atoms with van der Waals surface area (Å²) < 4.78 is 13.0. The van der Waals surface area contributed by atoms with Gasteiger partial charge in [-0.3, -0.25) is 0 Å². The molecule has 0 aliphatic carbocycles. The number of nitrogens with one attached hydrogen (secondary N) is 1. The van der Waals surface area contributed by atoms with E-state index in [1.807, 2.05) is 36.5 Å². The van der Waals surface area contributed by atoms with Crippen molar-refractivity contribution in [2.75, 3.05) is 6.54 Å². The van der Waals surface area contributed by atoms with Crippen LogP contribution in [0.1, 0.15) is 17.4 Å². The van der Waals surface area contributed by atoms with E-state index in [4.69, 9.17) is 0 Å². The van der Waals surface area contributed by atoms with Crippen molar-refractivity contribution in [3.63, 3.8) is 0 Å². The van der Waals surface area contributed by atoms with E-state index in [9.17, 15) is 9.50 Å². The van der Waals surface area contributed by atoms with Crippen LogP contribution in [0.5, 0.6) is 0 Å². The van der Waals surface area contributed by atoms with E-state index in [1.54, 1.807) is 30.4 Å². The van der Waals surface area contributed by atoms with Crippen LogP contribution in [0, 0.1) is 5.82 Å². The zero-order valence-electron chi connectivity index (χ0n) is 13.4. The Kier molecular flexibility index (Phi) is 5.04. The van der Waals surface area contributed by atoms with Gasteiger partial charge in [-0.2, -0.15) is 0 Å². The molecule has 0 saturated carbocycles. The number of hydrogen-bond acceptors (Lipinski definition) is 4. The average Bonchev–Trinajstić information content (AvgIpc) is 3.05. The quantitative estimate of drug-likeness (QED) is 0.713. The molecule has 0 bridgehead atoms. The summed E-state index contributed by atoms with van der Waals surface area (Å²) in [6.07, 6.45) is 1.85. The first kappa shape index (κ1) is 16.8. The van der Waals surface area contributed by atoms with Crippen molar-refractivity contribution in [2.45, 2.75) is 19.1 Å². The smallest absolute Gasteiger partial charge is 0.123 e. The maximum atomic E-state index is 13.0. The first-order valence-electron chi connectivity index (χ1n) is 7.74. The molecule has 0 radical (unpaired) electrons. The molecule has 1 heterocycles. The van der Waals surface area contributed by atoms with E-state index in [0.717, 1.165) is 15.4 Å². The minimum Gasteiger partial charge on any atom is -0.384 e. The normalized spacial score (nSPS) is 13.6. The fourth-order valence-corrected chi connectivity index (χ4v) is 3.33. The lowest BCUT2D eigenvalue weighted by Crippen LogP contribution is -2.35. The molecule has 3 nitrogen and oxygen atoms in total. The van der Waals surface area contributed by atoms with E-state index in [-0.39, 0.29) is 5.82 Å². The molecule has 1 atom stereocenters. The van der Waals surface area contributed by atoms with E-state index in [2.05, 4.69) is 10.3 Å². The van der Waals surface area contributed by atoms with Crippen molar-refractivity contribution in [3.05, 3.63) is 77.1 Å². The Morgan fingerprint density at radius 2 is 1.83 bits per heavy atom. The van der Waals surface area contributed by atoms with Crippen LogP contribution in [0.25, 0.3) is 10.6 Å². The lowest BCUT2D eigenvalue weighted by Gasteiger charge is -2.24. The van der Waals surface area contributed by atoms with Gasteiger partial charge >= 0.3 is 0 Å². The average molecular weight is 342 g/mol. The number of thiazole rings is 1. The van der Waals surface area contributed by atoms with Crippen LogP contribution in [0.15, 0.2) is 60.8 Å². The molecule has 0 aliphatic heterocycles. The predicted molar refractivity (Wildman–Crippen MR) is 95.2 cm³/mol. The van der Waals surface area contributed by atoms with Crippen LogP contribution in [-0.2, 0) is 12.1 Å². The summed E-state index contributed by atoms with van der Waals surface area (Å²) >= 11 is 1.63. The van der Waals surface area contributed by atoms with Crippen LogP contribution < -0.4 is 5.32 Å². The third-order valence-corrected chi connectivity index (χ3v) is 4.86. The Labute approximate surface area is 144 Å². The van der Waals surface area contributed by atoms with Crippen LogP contribution in [0.4, 0.5) is 4.39 Å². The molecule has 0 aliphatic rings. The van der Waals surface area contributed by atoms with Gasteiger partial charge in [-0.1, -0.05) is 42.5 Å².